The van der Waals surface area contributed by atoms with Crippen LogP contribution < -0.4 is 0 Å². The standard InChI is InChI=1S/C18H28O2/c1-15(2)8-7-9-16(3)12-13-20-18(19)14-17-10-5-4-6-11-17/h4-6,10-11,15-16H,7-9,12-14H2,1-3H3. The third kappa shape index (κ3) is 7.98. The van der Waals surface area contributed by atoms with Crippen molar-refractivity contribution in [1.29, 1.82) is 0 Å². The minimum atomic E-state index is -0.120. The van der Waals surface area contributed by atoms with Crippen LogP contribution in [-0.2, 0) is 16.0 Å². The highest BCUT2D eigenvalue weighted by Crippen LogP contribution is 2.15. The van der Waals surface area contributed by atoms with Crippen molar-refractivity contribution in [3.05, 3.63) is 35.9 Å². The largest absolute Gasteiger partial charge is 0.465 e. The summed E-state index contributed by atoms with van der Waals surface area (Å²) in [7, 11) is 0. The number of ether oxygens (including phenoxy) is 1. The molecule has 0 bridgehead atoms. The smallest absolute Gasteiger partial charge is 0.310 e. The molecule has 0 amide bonds. The van der Waals surface area contributed by atoms with E-state index in [0.717, 1.165) is 17.9 Å². The molecular formula is C18H28O2. The molecular weight excluding hydrogens is 248 g/mol. The first-order chi connectivity index (χ1) is 9.58. The third-order valence-corrected chi connectivity index (χ3v) is 3.54. The maximum absolute atomic E-state index is 11.7. The van der Waals surface area contributed by atoms with Crippen LogP contribution >= 0.6 is 0 Å². The summed E-state index contributed by atoms with van der Waals surface area (Å²) in [5.41, 5.74) is 1.02. The first-order valence-corrected chi connectivity index (χ1v) is 7.77. The SMILES string of the molecule is CC(C)CCCC(C)CCOC(=O)Cc1ccccc1. The third-order valence-electron chi connectivity index (χ3n) is 3.54. The van der Waals surface area contributed by atoms with Crippen molar-refractivity contribution < 1.29 is 9.53 Å². The number of carbonyl (C=O) groups is 1. The second kappa shape index (κ2) is 9.57. The summed E-state index contributed by atoms with van der Waals surface area (Å²) in [5, 5.41) is 0. The van der Waals surface area contributed by atoms with Gasteiger partial charge in [0, 0.05) is 0 Å². The molecule has 2 nitrogen and oxygen atoms in total. The van der Waals surface area contributed by atoms with Crippen LogP contribution in [0.15, 0.2) is 30.3 Å². The van der Waals surface area contributed by atoms with Crippen LogP contribution in [0.3, 0.4) is 0 Å². The van der Waals surface area contributed by atoms with Gasteiger partial charge in [0.1, 0.15) is 0 Å². The lowest BCUT2D eigenvalue weighted by Crippen LogP contribution is -2.11. The molecule has 0 N–H and O–H groups in total. The summed E-state index contributed by atoms with van der Waals surface area (Å²) in [6.07, 6.45) is 5.14. The molecule has 0 aliphatic rings. The normalized spacial score (nSPS) is 12.4. The Morgan fingerprint density at radius 3 is 2.40 bits per heavy atom. The molecule has 112 valence electrons. The molecule has 20 heavy (non-hydrogen) atoms. The van der Waals surface area contributed by atoms with Crippen LogP contribution in [0.5, 0.6) is 0 Å². The zero-order chi connectivity index (χ0) is 14.8. The molecule has 1 aromatic rings. The van der Waals surface area contributed by atoms with Gasteiger partial charge in [-0.25, -0.2) is 0 Å². The first kappa shape index (κ1) is 16.7. The molecule has 0 aliphatic carbocycles. The summed E-state index contributed by atoms with van der Waals surface area (Å²) < 4.78 is 5.31. The van der Waals surface area contributed by atoms with Crippen molar-refractivity contribution in [1.82, 2.24) is 0 Å². The van der Waals surface area contributed by atoms with Gasteiger partial charge in [0.05, 0.1) is 13.0 Å². The van der Waals surface area contributed by atoms with Crippen molar-refractivity contribution in [2.45, 2.75) is 52.9 Å². The topological polar surface area (TPSA) is 26.3 Å². The van der Waals surface area contributed by atoms with E-state index in [0.29, 0.717) is 18.9 Å². The van der Waals surface area contributed by atoms with Gasteiger partial charge in [0.2, 0.25) is 0 Å². The second-order valence-electron chi connectivity index (χ2n) is 6.10. The van der Waals surface area contributed by atoms with Crippen LogP contribution in [-0.4, -0.2) is 12.6 Å². The Morgan fingerprint density at radius 1 is 1.05 bits per heavy atom. The molecule has 0 saturated carbocycles. The molecule has 0 fully saturated rings. The summed E-state index contributed by atoms with van der Waals surface area (Å²) in [5.74, 6) is 1.30. The summed E-state index contributed by atoms with van der Waals surface area (Å²) in [6.45, 7) is 7.31. The van der Waals surface area contributed by atoms with Gasteiger partial charge >= 0.3 is 5.97 Å². The molecule has 0 radical (unpaired) electrons. The second-order valence-corrected chi connectivity index (χ2v) is 6.10. The van der Waals surface area contributed by atoms with E-state index < -0.39 is 0 Å². The Balaban J connectivity index is 2.09. The number of esters is 1. The highest BCUT2D eigenvalue weighted by molar-refractivity contribution is 5.72. The Hall–Kier alpha value is -1.31. The molecule has 0 spiro atoms. The Kier molecular flexibility index (Phi) is 8.01. The van der Waals surface area contributed by atoms with Gasteiger partial charge in [0.25, 0.3) is 0 Å². The van der Waals surface area contributed by atoms with Gasteiger partial charge in [0.15, 0.2) is 0 Å². The molecule has 0 saturated heterocycles. The summed E-state index contributed by atoms with van der Waals surface area (Å²) >= 11 is 0. The van der Waals surface area contributed by atoms with Gasteiger partial charge in [-0.15, -0.1) is 0 Å². The van der Waals surface area contributed by atoms with Crippen molar-refractivity contribution in [2.24, 2.45) is 11.8 Å². The number of carbonyl (C=O) groups excluding carboxylic acids is 1. The zero-order valence-corrected chi connectivity index (χ0v) is 13.1. The van der Waals surface area contributed by atoms with Crippen LogP contribution in [0.4, 0.5) is 0 Å². The molecule has 1 atom stereocenters. The lowest BCUT2D eigenvalue weighted by Gasteiger charge is -2.12. The number of benzene rings is 1. The monoisotopic (exact) mass is 276 g/mol. The molecule has 0 aromatic heterocycles. The first-order valence-electron chi connectivity index (χ1n) is 7.77. The number of rotatable bonds is 9. The van der Waals surface area contributed by atoms with Crippen molar-refractivity contribution in [2.75, 3.05) is 6.61 Å². The predicted molar refractivity (Wildman–Crippen MR) is 83.6 cm³/mol. The fourth-order valence-electron chi connectivity index (χ4n) is 2.21. The van der Waals surface area contributed by atoms with E-state index in [4.69, 9.17) is 4.74 Å². The van der Waals surface area contributed by atoms with E-state index >= 15 is 0 Å². The Bertz CT molecular complexity index is 370. The van der Waals surface area contributed by atoms with E-state index in [1.54, 1.807) is 0 Å². The quantitative estimate of drug-likeness (QED) is 0.615. The van der Waals surface area contributed by atoms with E-state index in [-0.39, 0.29) is 5.97 Å². The van der Waals surface area contributed by atoms with E-state index in [1.807, 2.05) is 30.3 Å². The molecule has 0 heterocycles. The van der Waals surface area contributed by atoms with Crippen molar-refractivity contribution in [3.63, 3.8) is 0 Å². The molecule has 1 rings (SSSR count). The van der Waals surface area contributed by atoms with Gasteiger partial charge in [-0.3, -0.25) is 4.79 Å². The number of hydrogen-bond donors (Lipinski definition) is 0. The van der Waals surface area contributed by atoms with Gasteiger partial charge in [-0.05, 0) is 23.8 Å². The highest BCUT2D eigenvalue weighted by atomic mass is 16.5. The van der Waals surface area contributed by atoms with Crippen molar-refractivity contribution in [3.8, 4) is 0 Å². The van der Waals surface area contributed by atoms with Gasteiger partial charge in [-0.2, -0.15) is 0 Å². The molecule has 2 heteroatoms. The molecule has 1 aromatic carbocycles. The Morgan fingerprint density at radius 2 is 1.75 bits per heavy atom. The lowest BCUT2D eigenvalue weighted by molar-refractivity contribution is -0.143. The summed E-state index contributed by atoms with van der Waals surface area (Å²) in [4.78, 5) is 11.7. The van der Waals surface area contributed by atoms with E-state index in [2.05, 4.69) is 20.8 Å². The average molecular weight is 276 g/mol. The molecule has 1 unspecified atom stereocenters. The van der Waals surface area contributed by atoms with E-state index in [9.17, 15) is 4.79 Å². The minimum Gasteiger partial charge on any atom is -0.465 e. The van der Waals surface area contributed by atoms with Crippen LogP contribution in [0.25, 0.3) is 0 Å². The average Bonchev–Trinajstić information content (AvgIpc) is 2.39. The lowest BCUT2D eigenvalue weighted by atomic mass is 9.98. The molecule has 0 aliphatic heterocycles. The van der Waals surface area contributed by atoms with Crippen LogP contribution in [0.1, 0.15) is 52.0 Å². The zero-order valence-electron chi connectivity index (χ0n) is 13.1. The van der Waals surface area contributed by atoms with Crippen LogP contribution in [0, 0.1) is 11.8 Å². The fourth-order valence-corrected chi connectivity index (χ4v) is 2.21. The summed E-state index contributed by atoms with van der Waals surface area (Å²) in [6, 6.07) is 9.75. The maximum atomic E-state index is 11.7. The van der Waals surface area contributed by atoms with Gasteiger partial charge in [-0.1, -0.05) is 70.4 Å². The van der Waals surface area contributed by atoms with E-state index in [1.165, 1.54) is 19.3 Å². The fraction of sp³-hybridized carbons (Fsp3) is 0.611. The Labute approximate surface area is 123 Å². The maximum Gasteiger partial charge on any atom is 0.310 e. The number of hydrogen-bond acceptors (Lipinski definition) is 2. The van der Waals surface area contributed by atoms with Gasteiger partial charge < -0.3 is 4.74 Å². The van der Waals surface area contributed by atoms with Crippen molar-refractivity contribution >= 4 is 5.97 Å². The highest BCUT2D eigenvalue weighted by Gasteiger charge is 2.07. The van der Waals surface area contributed by atoms with Crippen LogP contribution in [0.2, 0.25) is 0 Å². The predicted octanol–water partition coefficient (Wildman–Crippen LogP) is 4.62. The minimum absolute atomic E-state index is 0.120.